The quantitative estimate of drug-likeness (QED) is 0.755. The number of nitrogens with one attached hydrogen (secondary N) is 1. The minimum absolute atomic E-state index is 0.312. The van der Waals surface area contributed by atoms with Crippen molar-refractivity contribution in [3.63, 3.8) is 0 Å². The molecule has 0 atom stereocenters. The maximum absolute atomic E-state index is 5.79. The number of anilines is 2. The topological polar surface area (TPSA) is 81.7 Å². The molecule has 0 bridgehead atoms. The zero-order valence-corrected chi connectivity index (χ0v) is 12.9. The van der Waals surface area contributed by atoms with Crippen LogP contribution in [0.15, 0.2) is 18.3 Å². The molecule has 0 aliphatic heterocycles. The maximum Gasteiger partial charge on any atom is 0.223 e. The zero-order valence-electron chi connectivity index (χ0n) is 12.1. The highest BCUT2D eigenvalue weighted by molar-refractivity contribution is 7.18. The molecule has 3 heterocycles. The van der Waals surface area contributed by atoms with Crippen molar-refractivity contribution < 1.29 is 0 Å². The second kappa shape index (κ2) is 5.69. The molecular formula is C14H18N6S. The molecule has 0 spiro atoms. The minimum Gasteiger partial charge on any atom is -0.369 e. The molecule has 3 aromatic rings. The van der Waals surface area contributed by atoms with Crippen molar-refractivity contribution in [1.29, 1.82) is 0 Å². The van der Waals surface area contributed by atoms with Crippen LogP contribution >= 0.6 is 11.3 Å². The molecule has 0 radical (unpaired) electrons. The standard InChI is InChI=1S/C14H18N6S/c1-3-10-8-11-12(17-14(15)18-13(11)21-10)16-6-4-9-5-7-20(2)19-9/h5,7-8H,3-4,6H2,1-2H3,(H3,15,16,17,18). The van der Waals surface area contributed by atoms with Gasteiger partial charge in [0.05, 0.1) is 11.1 Å². The predicted molar refractivity (Wildman–Crippen MR) is 86.6 cm³/mol. The molecule has 0 unspecified atom stereocenters. The molecule has 21 heavy (non-hydrogen) atoms. The molecule has 3 N–H and O–H groups in total. The normalized spacial score (nSPS) is 11.1. The van der Waals surface area contributed by atoms with E-state index in [4.69, 9.17) is 5.73 Å². The van der Waals surface area contributed by atoms with Crippen LogP contribution in [0.5, 0.6) is 0 Å². The van der Waals surface area contributed by atoms with Crippen molar-refractivity contribution in [3.05, 3.63) is 28.9 Å². The lowest BCUT2D eigenvalue weighted by molar-refractivity contribution is 0.742. The van der Waals surface area contributed by atoms with Crippen LogP contribution in [0.25, 0.3) is 10.2 Å². The number of nitrogens with zero attached hydrogens (tertiary/aromatic N) is 4. The lowest BCUT2D eigenvalue weighted by Crippen LogP contribution is -2.08. The summed E-state index contributed by atoms with van der Waals surface area (Å²) in [4.78, 5) is 10.9. The lowest BCUT2D eigenvalue weighted by Gasteiger charge is -2.06. The maximum atomic E-state index is 5.79. The summed E-state index contributed by atoms with van der Waals surface area (Å²) in [6, 6.07) is 4.16. The number of nitrogen functional groups attached to an aromatic ring is 1. The monoisotopic (exact) mass is 302 g/mol. The van der Waals surface area contributed by atoms with Gasteiger partial charge in [-0.25, -0.2) is 4.98 Å². The fourth-order valence-corrected chi connectivity index (χ4v) is 3.18. The zero-order chi connectivity index (χ0) is 14.8. The van der Waals surface area contributed by atoms with Crippen molar-refractivity contribution >= 4 is 33.3 Å². The number of hydrogen-bond acceptors (Lipinski definition) is 6. The number of aromatic nitrogens is 4. The first-order chi connectivity index (χ1) is 10.2. The Morgan fingerprint density at radius 2 is 2.24 bits per heavy atom. The van der Waals surface area contributed by atoms with Gasteiger partial charge in [0, 0.05) is 31.1 Å². The van der Waals surface area contributed by atoms with E-state index in [0.717, 1.165) is 41.1 Å². The second-order valence-electron chi connectivity index (χ2n) is 4.87. The average molecular weight is 302 g/mol. The van der Waals surface area contributed by atoms with Crippen molar-refractivity contribution in [2.45, 2.75) is 19.8 Å². The molecule has 0 saturated carbocycles. The van der Waals surface area contributed by atoms with E-state index in [1.165, 1.54) is 4.88 Å². The molecule has 0 fully saturated rings. The van der Waals surface area contributed by atoms with E-state index in [1.807, 2.05) is 24.0 Å². The first-order valence-electron chi connectivity index (χ1n) is 6.94. The molecule has 0 aliphatic carbocycles. The minimum atomic E-state index is 0.312. The molecular weight excluding hydrogens is 284 g/mol. The summed E-state index contributed by atoms with van der Waals surface area (Å²) in [6.07, 6.45) is 3.79. The molecule has 0 amide bonds. The molecule has 3 aromatic heterocycles. The third kappa shape index (κ3) is 2.97. The van der Waals surface area contributed by atoms with E-state index in [0.29, 0.717) is 5.95 Å². The largest absolute Gasteiger partial charge is 0.369 e. The fraction of sp³-hybridized carbons (Fsp3) is 0.357. The summed E-state index contributed by atoms with van der Waals surface area (Å²) in [5, 5.41) is 8.76. The van der Waals surface area contributed by atoms with E-state index < -0.39 is 0 Å². The summed E-state index contributed by atoms with van der Waals surface area (Å²) in [5.41, 5.74) is 6.85. The Morgan fingerprint density at radius 3 is 2.95 bits per heavy atom. The first kappa shape index (κ1) is 13.8. The van der Waals surface area contributed by atoms with Gasteiger partial charge in [-0.1, -0.05) is 6.92 Å². The van der Waals surface area contributed by atoms with E-state index in [1.54, 1.807) is 11.3 Å². The Balaban J connectivity index is 1.77. The Morgan fingerprint density at radius 1 is 1.38 bits per heavy atom. The van der Waals surface area contributed by atoms with Gasteiger partial charge in [-0.15, -0.1) is 11.3 Å². The van der Waals surface area contributed by atoms with E-state index in [-0.39, 0.29) is 0 Å². The van der Waals surface area contributed by atoms with E-state index in [2.05, 4.69) is 33.4 Å². The molecule has 110 valence electrons. The Bertz CT molecular complexity index is 760. The highest BCUT2D eigenvalue weighted by atomic mass is 32.1. The van der Waals surface area contributed by atoms with Gasteiger partial charge in [-0.3, -0.25) is 4.68 Å². The second-order valence-corrected chi connectivity index (χ2v) is 5.99. The van der Waals surface area contributed by atoms with Crippen LogP contribution in [0, 0.1) is 0 Å². The van der Waals surface area contributed by atoms with Crippen LogP contribution in [-0.2, 0) is 19.9 Å². The molecule has 0 aliphatic rings. The molecule has 3 rings (SSSR count). The van der Waals surface area contributed by atoms with Crippen LogP contribution in [0.4, 0.5) is 11.8 Å². The van der Waals surface area contributed by atoms with Crippen molar-refractivity contribution in [2.24, 2.45) is 7.05 Å². The number of nitrogens with two attached hydrogens (primary N) is 1. The smallest absolute Gasteiger partial charge is 0.223 e. The molecule has 0 aromatic carbocycles. The highest BCUT2D eigenvalue weighted by Crippen LogP contribution is 2.29. The third-order valence-corrected chi connectivity index (χ3v) is 4.43. The van der Waals surface area contributed by atoms with Crippen LogP contribution in [0.2, 0.25) is 0 Å². The number of thiophene rings is 1. The van der Waals surface area contributed by atoms with Crippen LogP contribution in [0.3, 0.4) is 0 Å². The van der Waals surface area contributed by atoms with Crippen LogP contribution in [0.1, 0.15) is 17.5 Å². The Kier molecular flexibility index (Phi) is 3.74. The lowest BCUT2D eigenvalue weighted by atomic mass is 10.3. The van der Waals surface area contributed by atoms with E-state index >= 15 is 0 Å². The van der Waals surface area contributed by atoms with E-state index in [9.17, 15) is 0 Å². The third-order valence-electron chi connectivity index (χ3n) is 3.25. The van der Waals surface area contributed by atoms with Gasteiger partial charge in [-0.2, -0.15) is 10.1 Å². The number of aryl methyl sites for hydroxylation is 2. The number of fused-ring (bicyclic) bond motifs is 1. The molecule has 7 heteroatoms. The van der Waals surface area contributed by atoms with Crippen LogP contribution < -0.4 is 11.1 Å². The van der Waals surface area contributed by atoms with Gasteiger partial charge in [-0.05, 0) is 18.6 Å². The van der Waals surface area contributed by atoms with Gasteiger partial charge in [0.25, 0.3) is 0 Å². The van der Waals surface area contributed by atoms with Crippen molar-refractivity contribution in [2.75, 3.05) is 17.6 Å². The summed E-state index contributed by atoms with van der Waals surface area (Å²) in [6.45, 7) is 2.90. The summed E-state index contributed by atoms with van der Waals surface area (Å²) in [7, 11) is 1.92. The summed E-state index contributed by atoms with van der Waals surface area (Å²) >= 11 is 1.67. The predicted octanol–water partition coefficient (Wildman–Crippen LogP) is 2.22. The Hall–Kier alpha value is -2.15. The van der Waals surface area contributed by atoms with Gasteiger partial charge in [0.1, 0.15) is 10.6 Å². The highest BCUT2D eigenvalue weighted by Gasteiger charge is 2.10. The Labute approximate surface area is 127 Å². The van der Waals surface area contributed by atoms with Crippen molar-refractivity contribution in [3.8, 4) is 0 Å². The van der Waals surface area contributed by atoms with Gasteiger partial charge >= 0.3 is 0 Å². The van der Waals surface area contributed by atoms with Crippen LogP contribution in [-0.4, -0.2) is 26.3 Å². The number of hydrogen-bond donors (Lipinski definition) is 2. The van der Waals surface area contributed by atoms with Gasteiger partial charge in [0.15, 0.2) is 0 Å². The molecule has 6 nitrogen and oxygen atoms in total. The van der Waals surface area contributed by atoms with Gasteiger partial charge < -0.3 is 11.1 Å². The average Bonchev–Trinajstić information content (AvgIpc) is 3.04. The summed E-state index contributed by atoms with van der Waals surface area (Å²) < 4.78 is 1.81. The van der Waals surface area contributed by atoms with Gasteiger partial charge in [0.2, 0.25) is 5.95 Å². The first-order valence-corrected chi connectivity index (χ1v) is 7.75. The SMILES string of the molecule is CCc1cc2c(NCCc3ccn(C)n3)nc(N)nc2s1. The number of rotatable bonds is 5. The van der Waals surface area contributed by atoms with Crippen molar-refractivity contribution in [1.82, 2.24) is 19.7 Å². The fourth-order valence-electron chi connectivity index (χ4n) is 2.20. The summed E-state index contributed by atoms with van der Waals surface area (Å²) in [5.74, 6) is 1.12. The molecule has 0 saturated heterocycles.